The van der Waals surface area contributed by atoms with Gasteiger partial charge in [-0.2, -0.15) is 0 Å². The van der Waals surface area contributed by atoms with Crippen molar-refractivity contribution in [1.82, 2.24) is 14.4 Å². The predicted octanol–water partition coefficient (Wildman–Crippen LogP) is 2.03. The molecular weight excluding hydrogens is 162 g/mol. The number of aromatic nitrogens is 3. The van der Waals surface area contributed by atoms with E-state index < -0.39 is 0 Å². The Balaban J connectivity index is 2.72. The highest BCUT2D eigenvalue weighted by Crippen LogP contribution is 2.22. The van der Waals surface area contributed by atoms with E-state index in [0.29, 0.717) is 0 Å². The van der Waals surface area contributed by atoms with Gasteiger partial charge < -0.3 is 0 Å². The summed E-state index contributed by atoms with van der Waals surface area (Å²) in [5.74, 6) is 0. The number of hydrogen-bond acceptors (Lipinski definition) is 2. The van der Waals surface area contributed by atoms with Crippen LogP contribution < -0.4 is 0 Å². The van der Waals surface area contributed by atoms with E-state index in [-0.39, 0.29) is 5.41 Å². The third-order valence-corrected chi connectivity index (χ3v) is 2.09. The van der Waals surface area contributed by atoms with Crippen LogP contribution in [0.4, 0.5) is 0 Å². The molecule has 0 aliphatic carbocycles. The topological polar surface area (TPSA) is 30.2 Å². The summed E-state index contributed by atoms with van der Waals surface area (Å²) in [6.45, 7) is 6.51. The van der Waals surface area contributed by atoms with E-state index >= 15 is 0 Å². The molecule has 13 heavy (non-hydrogen) atoms. The van der Waals surface area contributed by atoms with Crippen molar-refractivity contribution in [3.8, 4) is 0 Å². The third kappa shape index (κ3) is 1.30. The molecule has 0 aromatic carbocycles. The van der Waals surface area contributed by atoms with E-state index in [2.05, 4.69) is 30.7 Å². The zero-order valence-corrected chi connectivity index (χ0v) is 8.15. The van der Waals surface area contributed by atoms with E-state index in [1.54, 1.807) is 6.20 Å². The molecule has 0 aliphatic rings. The molecule has 3 heteroatoms. The summed E-state index contributed by atoms with van der Waals surface area (Å²) in [5.41, 5.74) is 2.26. The minimum absolute atomic E-state index is 0.114. The van der Waals surface area contributed by atoms with Gasteiger partial charge in [0, 0.05) is 23.5 Å². The second-order valence-corrected chi connectivity index (χ2v) is 4.20. The molecule has 2 heterocycles. The summed E-state index contributed by atoms with van der Waals surface area (Å²) in [4.78, 5) is 8.39. The van der Waals surface area contributed by atoms with Gasteiger partial charge in [0.2, 0.25) is 0 Å². The number of hydrogen-bond donors (Lipinski definition) is 0. The zero-order valence-electron chi connectivity index (χ0n) is 8.15. The largest absolute Gasteiger partial charge is 0.287 e. The van der Waals surface area contributed by atoms with Crippen molar-refractivity contribution >= 4 is 5.65 Å². The van der Waals surface area contributed by atoms with Crippen molar-refractivity contribution in [2.75, 3.05) is 0 Å². The Labute approximate surface area is 77.4 Å². The molecule has 3 nitrogen and oxygen atoms in total. The molecule has 2 aromatic heterocycles. The summed E-state index contributed by atoms with van der Waals surface area (Å²) in [5, 5.41) is 0. The van der Waals surface area contributed by atoms with Gasteiger partial charge >= 0.3 is 0 Å². The number of rotatable bonds is 0. The minimum atomic E-state index is 0.114. The Kier molecular flexibility index (Phi) is 1.62. The molecule has 0 saturated heterocycles. The van der Waals surface area contributed by atoms with Crippen LogP contribution in [0.25, 0.3) is 5.65 Å². The zero-order chi connectivity index (χ0) is 9.47. The summed E-state index contributed by atoms with van der Waals surface area (Å²) < 4.78 is 2.03. The van der Waals surface area contributed by atoms with Crippen LogP contribution in [0, 0.1) is 0 Å². The van der Waals surface area contributed by atoms with E-state index in [1.165, 1.54) is 5.69 Å². The average Bonchev–Trinajstić information content (AvgIpc) is 2.45. The summed E-state index contributed by atoms with van der Waals surface area (Å²) in [6.07, 6.45) is 5.48. The molecule has 0 fully saturated rings. The summed E-state index contributed by atoms with van der Waals surface area (Å²) in [7, 11) is 0. The van der Waals surface area contributed by atoms with Gasteiger partial charge in [0.1, 0.15) is 12.0 Å². The van der Waals surface area contributed by atoms with Gasteiger partial charge in [-0.15, -0.1) is 0 Å². The maximum atomic E-state index is 4.31. The lowest BCUT2D eigenvalue weighted by Gasteiger charge is -2.17. The van der Waals surface area contributed by atoms with Crippen LogP contribution in [0.3, 0.4) is 0 Å². The summed E-state index contributed by atoms with van der Waals surface area (Å²) >= 11 is 0. The van der Waals surface area contributed by atoms with Crippen LogP contribution in [-0.4, -0.2) is 14.4 Å². The van der Waals surface area contributed by atoms with Crippen LogP contribution in [0.5, 0.6) is 0 Å². The second-order valence-electron chi connectivity index (χ2n) is 4.20. The lowest BCUT2D eigenvalue weighted by Crippen LogP contribution is -2.14. The second kappa shape index (κ2) is 2.55. The molecule has 0 unspecified atom stereocenters. The molecule has 2 aromatic rings. The van der Waals surface area contributed by atoms with Crippen molar-refractivity contribution in [2.45, 2.75) is 26.2 Å². The lowest BCUT2D eigenvalue weighted by atomic mass is 9.93. The normalized spacial score (nSPS) is 12.2. The molecule has 0 N–H and O–H groups in total. The standard InChI is InChI=1S/C10H13N3/c1-10(2,3)8-6-12-9-4-5-11-7-13(8)9/h4-7H,1-3H3. The van der Waals surface area contributed by atoms with Crippen LogP contribution in [0.2, 0.25) is 0 Å². The monoisotopic (exact) mass is 175 g/mol. The van der Waals surface area contributed by atoms with E-state index in [0.717, 1.165) is 5.65 Å². The maximum absolute atomic E-state index is 4.31. The predicted molar refractivity (Wildman–Crippen MR) is 51.7 cm³/mol. The number of fused-ring (bicyclic) bond motifs is 1. The van der Waals surface area contributed by atoms with Gasteiger partial charge in [0.05, 0.1) is 0 Å². The molecule has 0 spiro atoms. The highest BCUT2D eigenvalue weighted by Gasteiger charge is 2.17. The third-order valence-electron chi connectivity index (χ3n) is 2.09. The quantitative estimate of drug-likeness (QED) is 0.613. The highest BCUT2D eigenvalue weighted by molar-refractivity contribution is 5.39. The smallest absolute Gasteiger partial charge is 0.139 e. The first-order valence-electron chi connectivity index (χ1n) is 4.36. The van der Waals surface area contributed by atoms with E-state index in [1.807, 2.05) is 23.0 Å². The average molecular weight is 175 g/mol. The molecule has 0 radical (unpaired) electrons. The molecule has 0 saturated carbocycles. The maximum Gasteiger partial charge on any atom is 0.139 e. The van der Waals surface area contributed by atoms with Crippen molar-refractivity contribution in [3.05, 3.63) is 30.5 Å². The van der Waals surface area contributed by atoms with Crippen molar-refractivity contribution < 1.29 is 0 Å². The lowest BCUT2D eigenvalue weighted by molar-refractivity contribution is 0.562. The first-order valence-corrected chi connectivity index (χ1v) is 4.36. The fourth-order valence-electron chi connectivity index (χ4n) is 1.39. The minimum Gasteiger partial charge on any atom is -0.287 e. The van der Waals surface area contributed by atoms with Gasteiger partial charge in [-0.25, -0.2) is 9.97 Å². The Morgan fingerprint density at radius 1 is 1.31 bits per heavy atom. The van der Waals surface area contributed by atoms with Crippen molar-refractivity contribution in [3.63, 3.8) is 0 Å². The Bertz CT molecular complexity index is 423. The van der Waals surface area contributed by atoms with Gasteiger partial charge in [0.25, 0.3) is 0 Å². The Hall–Kier alpha value is -1.38. The van der Waals surface area contributed by atoms with Crippen molar-refractivity contribution in [2.24, 2.45) is 0 Å². The van der Waals surface area contributed by atoms with Crippen LogP contribution >= 0.6 is 0 Å². The van der Waals surface area contributed by atoms with E-state index in [4.69, 9.17) is 0 Å². The van der Waals surface area contributed by atoms with Crippen LogP contribution in [0.1, 0.15) is 26.5 Å². The van der Waals surface area contributed by atoms with Crippen LogP contribution in [-0.2, 0) is 5.41 Å². The fourth-order valence-corrected chi connectivity index (χ4v) is 1.39. The van der Waals surface area contributed by atoms with Crippen molar-refractivity contribution in [1.29, 1.82) is 0 Å². The van der Waals surface area contributed by atoms with Gasteiger partial charge in [-0.1, -0.05) is 20.8 Å². The Morgan fingerprint density at radius 3 is 2.77 bits per heavy atom. The molecule has 68 valence electrons. The first kappa shape index (κ1) is 8.23. The number of imidazole rings is 1. The fraction of sp³-hybridized carbons (Fsp3) is 0.400. The van der Waals surface area contributed by atoms with Gasteiger partial charge in [-0.3, -0.25) is 4.40 Å². The van der Waals surface area contributed by atoms with Gasteiger partial charge in [0.15, 0.2) is 0 Å². The molecule has 0 amide bonds. The highest BCUT2D eigenvalue weighted by atomic mass is 15.0. The molecule has 2 rings (SSSR count). The summed E-state index contributed by atoms with van der Waals surface area (Å²) in [6, 6.07) is 1.91. The molecule has 0 atom stereocenters. The van der Waals surface area contributed by atoms with E-state index in [9.17, 15) is 0 Å². The van der Waals surface area contributed by atoms with Crippen LogP contribution in [0.15, 0.2) is 24.8 Å². The first-order chi connectivity index (χ1) is 6.09. The molecule has 0 bridgehead atoms. The number of nitrogens with zero attached hydrogens (tertiary/aromatic N) is 3. The Morgan fingerprint density at radius 2 is 2.08 bits per heavy atom. The SMILES string of the molecule is CC(C)(C)c1cnc2ccncn12. The van der Waals surface area contributed by atoms with Gasteiger partial charge in [-0.05, 0) is 6.07 Å². The molecular formula is C10H13N3. The molecule has 0 aliphatic heterocycles.